The first-order chi connectivity index (χ1) is 9.97. The summed E-state index contributed by atoms with van der Waals surface area (Å²) >= 11 is 0. The van der Waals surface area contributed by atoms with Gasteiger partial charge < -0.3 is 9.73 Å². The van der Waals surface area contributed by atoms with E-state index in [4.69, 9.17) is 4.42 Å². The summed E-state index contributed by atoms with van der Waals surface area (Å²) in [6.45, 7) is 15.0. The van der Waals surface area contributed by atoms with Crippen LogP contribution in [0.1, 0.15) is 46.9 Å². The maximum atomic E-state index is 6.07. The molecule has 0 aliphatic rings. The summed E-state index contributed by atoms with van der Waals surface area (Å²) in [6.07, 6.45) is 1.14. The Morgan fingerprint density at radius 1 is 0.857 bits per heavy atom. The van der Waals surface area contributed by atoms with Gasteiger partial charge in [0.1, 0.15) is 11.5 Å². The van der Waals surface area contributed by atoms with E-state index >= 15 is 0 Å². The van der Waals surface area contributed by atoms with Crippen molar-refractivity contribution in [3.63, 3.8) is 0 Å². The third kappa shape index (κ3) is 3.06. The van der Waals surface area contributed by atoms with Crippen molar-refractivity contribution in [1.29, 1.82) is 0 Å². The highest BCUT2D eigenvalue weighted by atomic mass is 16.3. The van der Waals surface area contributed by atoms with Gasteiger partial charge >= 0.3 is 0 Å². The number of hydrogen-bond donors (Lipinski definition) is 1. The molecular weight excluding hydrogens is 258 g/mol. The van der Waals surface area contributed by atoms with Crippen LogP contribution in [0.5, 0.6) is 0 Å². The molecule has 0 fully saturated rings. The van der Waals surface area contributed by atoms with Crippen LogP contribution in [0.25, 0.3) is 11.3 Å². The van der Waals surface area contributed by atoms with Crippen LogP contribution in [0, 0.1) is 34.6 Å². The maximum absolute atomic E-state index is 6.07. The van der Waals surface area contributed by atoms with Crippen molar-refractivity contribution < 1.29 is 4.42 Å². The van der Waals surface area contributed by atoms with E-state index in [-0.39, 0.29) is 0 Å². The quantitative estimate of drug-likeness (QED) is 0.783. The van der Waals surface area contributed by atoms with E-state index in [0.29, 0.717) is 0 Å². The highest BCUT2D eigenvalue weighted by molar-refractivity contribution is 5.71. The van der Waals surface area contributed by atoms with Crippen LogP contribution in [0.15, 0.2) is 16.5 Å². The van der Waals surface area contributed by atoms with Crippen LogP contribution in [-0.4, -0.2) is 6.54 Å². The Hall–Kier alpha value is -1.54. The smallest absolute Gasteiger partial charge is 0.134 e. The lowest BCUT2D eigenvalue weighted by Crippen LogP contribution is -2.12. The van der Waals surface area contributed by atoms with Gasteiger partial charge in [0.2, 0.25) is 0 Å². The van der Waals surface area contributed by atoms with Crippen LogP contribution in [0.4, 0.5) is 0 Å². The summed E-state index contributed by atoms with van der Waals surface area (Å²) in [6, 6.07) is 4.19. The van der Waals surface area contributed by atoms with Gasteiger partial charge in [0.15, 0.2) is 0 Å². The molecule has 1 aromatic heterocycles. The van der Waals surface area contributed by atoms with Crippen molar-refractivity contribution in [1.82, 2.24) is 5.32 Å². The molecule has 0 atom stereocenters. The number of benzene rings is 1. The second-order valence-electron chi connectivity index (χ2n) is 5.94. The van der Waals surface area contributed by atoms with Crippen LogP contribution in [-0.2, 0) is 6.54 Å². The largest absolute Gasteiger partial charge is 0.460 e. The van der Waals surface area contributed by atoms with Crippen LogP contribution in [0.3, 0.4) is 0 Å². The Bertz CT molecular complexity index is 608. The second kappa shape index (κ2) is 6.48. The van der Waals surface area contributed by atoms with Crippen LogP contribution in [0.2, 0.25) is 0 Å². The van der Waals surface area contributed by atoms with Gasteiger partial charge in [0, 0.05) is 5.56 Å². The highest BCUT2D eigenvalue weighted by Crippen LogP contribution is 2.34. The molecule has 0 saturated carbocycles. The summed E-state index contributed by atoms with van der Waals surface area (Å²) in [5, 5.41) is 3.38. The molecule has 0 amide bonds. The van der Waals surface area contributed by atoms with E-state index in [1.54, 1.807) is 0 Å². The van der Waals surface area contributed by atoms with E-state index in [9.17, 15) is 0 Å². The molecule has 2 nitrogen and oxygen atoms in total. The molecule has 0 spiro atoms. The molecule has 1 N–H and O–H groups in total. The fourth-order valence-corrected chi connectivity index (χ4v) is 2.87. The van der Waals surface area contributed by atoms with Crippen molar-refractivity contribution in [2.75, 3.05) is 6.54 Å². The van der Waals surface area contributed by atoms with Gasteiger partial charge in [-0.3, -0.25) is 0 Å². The molecular formula is C19H27NO. The lowest BCUT2D eigenvalue weighted by atomic mass is 9.88. The van der Waals surface area contributed by atoms with Gasteiger partial charge in [-0.15, -0.1) is 0 Å². The van der Waals surface area contributed by atoms with Crippen molar-refractivity contribution in [3.05, 3.63) is 45.7 Å². The lowest BCUT2D eigenvalue weighted by Gasteiger charge is -2.17. The molecule has 2 heteroatoms. The SMILES string of the molecule is CCCNCc1ccc(-c2c(C)c(C)c(C)c(C)c2C)o1. The third-order valence-electron chi connectivity index (χ3n) is 4.63. The maximum Gasteiger partial charge on any atom is 0.134 e. The first-order valence-corrected chi connectivity index (χ1v) is 7.84. The zero-order valence-corrected chi connectivity index (χ0v) is 14.2. The van der Waals surface area contributed by atoms with Gasteiger partial charge in [0.05, 0.1) is 6.54 Å². The zero-order chi connectivity index (χ0) is 15.6. The van der Waals surface area contributed by atoms with Gasteiger partial charge in [-0.05, 0) is 87.5 Å². The molecule has 0 aliphatic carbocycles. The van der Waals surface area contributed by atoms with Crippen molar-refractivity contribution >= 4 is 0 Å². The first-order valence-electron chi connectivity index (χ1n) is 7.84. The summed E-state index contributed by atoms with van der Waals surface area (Å²) in [5.74, 6) is 2.00. The number of furan rings is 1. The molecule has 114 valence electrons. The average Bonchev–Trinajstić information content (AvgIpc) is 2.92. The molecule has 1 heterocycles. The minimum absolute atomic E-state index is 0.801. The summed E-state index contributed by atoms with van der Waals surface area (Å²) in [4.78, 5) is 0. The lowest BCUT2D eigenvalue weighted by molar-refractivity contribution is 0.493. The Labute approximate surface area is 128 Å². The van der Waals surface area contributed by atoms with Crippen molar-refractivity contribution in [2.45, 2.75) is 54.5 Å². The molecule has 0 saturated heterocycles. The summed E-state index contributed by atoms with van der Waals surface area (Å²) in [5.41, 5.74) is 8.06. The third-order valence-corrected chi connectivity index (χ3v) is 4.63. The number of hydrogen-bond acceptors (Lipinski definition) is 2. The monoisotopic (exact) mass is 285 g/mol. The standard InChI is InChI=1S/C19H27NO/c1-7-10-20-11-17-8-9-18(21-17)19-15(5)13(3)12(2)14(4)16(19)6/h8-9,20H,7,10-11H2,1-6H3. The molecule has 0 bridgehead atoms. The molecule has 1 aromatic carbocycles. The normalized spacial score (nSPS) is 11.1. The predicted octanol–water partition coefficient (Wildman–Crippen LogP) is 4.99. The Kier molecular flexibility index (Phi) is 4.89. The zero-order valence-electron chi connectivity index (χ0n) is 14.2. The molecule has 2 rings (SSSR count). The van der Waals surface area contributed by atoms with Gasteiger partial charge in [-0.1, -0.05) is 6.92 Å². The predicted molar refractivity (Wildman–Crippen MR) is 89.8 cm³/mol. The average molecular weight is 285 g/mol. The van der Waals surface area contributed by atoms with E-state index in [2.05, 4.69) is 59.0 Å². The van der Waals surface area contributed by atoms with Crippen molar-refractivity contribution in [2.24, 2.45) is 0 Å². The van der Waals surface area contributed by atoms with Crippen LogP contribution < -0.4 is 5.32 Å². The van der Waals surface area contributed by atoms with Crippen LogP contribution >= 0.6 is 0 Å². The topological polar surface area (TPSA) is 25.2 Å². The van der Waals surface area contributed by atoms with Gasteiger partial charge in [-0.25, -0.2) is 0 Å². The summed E-state index contributed by atoms with van der Waals surface area (Å²) < 4.78 is 6.07. The Balaban J connectivity index is 2.39. The van der Waals surface area contributed by atoms with Crippen molar-refractivity contribution in [3.8, 4) is 11.3 Å². The molecule has 0 unspecified atom stereocenters. The van der Waals surface area contributed by atoms with Gasteiger partial charge in [0.25, 0.3) is 0 Å². The minimum Gasteiger partial charge on any atom is -0.460 e. The van der Waals surface area contributed by atoms with Gasteiger partial charge in [-0.2, -0.15) is 0 Å². The van der Waals surface area contributed by atoms with E-state index < -0.39 is 0 Å². The number of nitrogens with one attached hydrogen (secondary N) is 1. The Morgan fingerprint density at radius 2 is 1.43 bits per heavy atom. The molecule has 2 aromatic rings. The molecule has 0 radical (unpaired) electrons. The first kappa shape index (κ1) is 15.8. The number of rotatable bonds is 5. The van der Waals surface area contributed by atoms with E-state index in [1.165, 1.54) is 33.4 Å². The Morgan fingerprint density at radius 3 is 2.00 bits per heavy atom. The fraction of sp³-hybridized carbons (Fsp3) is 0.474. The van der Waals surface area contributed by atoms with E-state index in [0.717, 1.165) is 31.0 Å². The second-order valence-corrected chi connectivity index (χ2v) is 5.94. The summed E-state index contributed by atoms with van der Waals surface area (Å²) in [7, 11) is 0. The molecule has 21 heavy (non-hydrogen) atoms. The minimum atomic E-state index is 0.801. The fourth-order valence-electron chi connectivity index (χ4n) is 2.87. The van der Waals surface area contributed by atoms with E-state index in [1.807, 2.05) is 0 Å². The molecule has 0 aliphatic heterocycles. The highest BCUT2D eigenvalue weighted by Gasteiger charge is 2.16.